The number of nitrogens with one attached hydrogen (secondary N) is 1. The van der Waals surface area contributed by atoms with E-state index >= 15 is 0 Å². The van der Waals surface area contributed by atoms with E-state index in [1.54, 1.807) is 18.3 Å². The van der Waals surface area contributed by atoms with Crippen LogP contribution in [0.1, 0.15) is 40.3 Å². The average molecular weight is 458 g/mol. The van der Waals surface area contributed by atoms with Gasteiger partial charge in [-0.05, 0) is 61.1 Å². The summed E-state index contributed by atoms with van der Waals surface area (Å²) in [5.41, 5.74) is 1.43. The molecule has 0 bridgehead atoms. The Morgan fingerprint density at radius 3 is 2.81 bits per heavy atom. The van der Waals surface area contributed by atoms with Crippen molar-refractivity contribution >= 4 is 34.9 Å². The monoisotopic (exact) mass is 457 g/mol. The highest BCUT2D eigenvalue weighted by Gasteiger charge is 2.41. The van der Waals surface area contributed by atoms with Gasteiger partial charge in [-0.2, -0.15) is 0 Å². The van der Waals surface area contributed by atoms with Crippen molar-refractivity contribution in [3.63, 3.8) is 0 Å². The molecule has 1 aromatic carbocycles. The van der Waals surface area contributed by atoms with Gasteiger partial charge >= 0.3 is 5.97 Å². The summed E-state index contributed by atoms with van der Waals surface area (Å²) in [4.78, 5) is 17.8. The van der Waals surface area contributed by atoms with Gasteiger partial charge in [0.05, 0.1) is 22.3 Å². The number of hydrogen-bond acceptors (Lipinski definition) is 5. The van der Waals surface area contributed by atoms with E-state index in [9.17, 15) is 15.0 Å². The van der Waals surface area contributed by atoms with Crippen LogP contribution in [-0.4, -0.2) is 44.3 Å². The van der Waals surface area contributed by atoms with Crippen molar-refractivity contribution in [1.82, 2.24) is 15.2 Å². The lowest BCUT2D eigenvalue weighted by molar-refractivity contribution is 0.0697. The van der Waals surface area contributed by atoms with Gasteiger partial charge in [-0.15, -0.1) is 0 Å². The maximum atomic E-state index is 11.4. The van der Waals surface area contributed by atoms with Crippen LogP contribution in [0, 0.1) is 0 Å². The smallest absolute Gasteiger partial charge is 0.335 e. The van der Waals surface area contributed by atoms with Crippen LogP contribution in [0.3, 0.4) is 0 Å². The minimum atomic E-state index is -1.04. The van der Waals surface area contributed by atoms with Gasteiger partial charge in [-0.25, -0.2) is 4.79 Å². The van der Waals surface area contributed by atoms with E-state index in [-0.39, 0.29) is 24.3 Å². The largest absolute Gasteiger partial charge is 0.478 e. The molecule has 1 aliphatic heterocycles. The van der Waals surface area contributed by atoms with Crippen molar-refractivity contribution < 1.29 is 19.4 Å². The summed E-state index contributed by atoms with van der Waals surface area (Å²) in [6.07, 6.45) is 2.27. The zero-order valence-corrected chi connectivity index (χ0v) is 17.9. The van der Waals surface area contributed by atoms with Gasteiger partial charge in [0.15, 0.2) is 5.11 Å². The minimum absolute atomic E-state index is 0.0427. The quantitative estimate of drug-likeness (QED) is 0.457. The highest BCUT2D eigenvalue weighted by molar-refractivity contribution is 7.80. The first kappa shape index (κ1) is 21.3. The number of nitrogens with zero attached hydrogens (tertiary/aromatic N) is 2. The minimum Gasteiger partial charge on any atom is -0.478 e. The van der Waals surface area contributed by atoms with E-state index in [0.717, 1.165) is 5.69 Å². The number of aromatic carboxylic acids is 1. The number of halogens is 1. The molecular formula is C22H20ClN3O4S. The molecule has 1 fully saturated rings. The third-order valence-electron chi connectivity index (χ3n) is 5.15. The predicted molar refractivity (Wildman–Crippen MR) is 120 cm³/mol. The molecule has 9 heteroatoms. The zero-order valence-electron chi connectivity index (χ0n) is 16.4. The van der Waals surface area contributed by atoms with Crippen LogP contribution in [-0.2, 0) is 0 Å². The number of carboxylic acids is 1. The van der Waals surface area contributed by atoms with E-state index in [1.165, 1.54) is 12.1 Å². The van der Waals surface area contributed by atoms with Gasteiger partial charge in [0.25, 0.3) is 0 Å². The van der Waals surface area contributed by atoms with Crippen LogP contribution < -0.4 is 5.32 Å². The van der Waals surface area contributed by atoms with Crippen molar-refractivity contribution in [1.29, 1.82) is 0 Å². The van der Waals surface area contributed by atoms with E-state index in [4.69, 9.17) is 28.2 Å². The Hall–Kier alpha value is -2.94. The van der Waals surface area contributed by atoms with Crippen molar-refractivity contribution in [2.45, 2.75) is 18.5 Å². The summed E-state index contributed by atoms with van der Waals surface area (Å²) < 4.78 is 6.17. The number of aliphatic hydroxyl groups is 1. The molecule has 2 aromatic heterocycles. The lowest BCUT2D eigenvalue weighted by Gasteiger charge is -2.25. The summed E-state index contributed by atoms with van der Waals surface area (Å²) >= 11 is 11.9. The first-order valence-electron chi connectivity index (χ1n) is 9.71. The van der Waals surface area contributed by atoms with Crippen LogP contribution in [0.15, 0.2) is 59.1 Å². The third kappa shape index (κ3) is 4.27. The second-order valence-corrected chi connectivity index (χ2v) is 7.89. The number of aliphatic hydroxyl groups excluding tert-OH is 1. The molecule has 2 atom stereocenters. The number of pyridine rings is 1. The molecule has 1 saturated heterocycles. The molecule has 0 unspecified atom stereocenters. The molecule has 1 aliphatic rings. The molecule has 3 heterocycles. The second kappa shape index (κ2) is 9.05. The predicted octanol–water partition coefficient (Wildman–Crippen LogP) is 4.05. The van der Waals surface area contributed by atoms with Gasteiger partial charge in [-0.3, -0.25) is 4.98 Å². The Bertz CT molecular complexity index is 1110. The summed E-state index contributed by atoms with van der Waals surface area (Å²) in [6, 6.07) is 13.2. The maximum Gasteiger partial charge on any atom is 0.335 e. The van der Waals surface area contributed by atoms with E-state index in [2.05, 4.69) is 10.3 Å². The summed E-state index contributed by atoms with van der Waals surface area (Å²) in [7, 11) is 0. The van der Waals surface area contributed by atoms with E-state index in [0.29, 0.717) is 40.2 Å². The molecule has 3 N–H and O–H groups in total. The van der Waals surface area contributed by atoms with Crippen LogP contribution in [0.2, 0.25) is 5.02 Å². The normalized spacial score (nSPS) is 18.3. The highest BCUT2D eigenvalue weighted by atomic mass is 35.5. The Labute approximate surface area is 189 Å². The van der Waals surface area contributed by atoms with Crippen molar-refractivity contribution in [3.05, 3.63) is 76.8 Å². The van der Waals surface area contributed by atoms with E-state index in [1.807, 2.05) is 29.2 Å². The number of carbonyl (C=O) groups is 1. The molecule has 3 aromatic rings. The SMILES string of the molecule is O=C(O)c1ccc(Cl)c(-c2ccc([C@@H]3[C@H](c4ccccn4)NC(=S)N3CCCO)o2)c1. The third-order valence-corrected chi connectivity index (χ3v) is 5.83. The number of hydrogen-bond donors (Lipinski definition) is 3. The molecule has 4 rings (SSSR count). The molecule has 0 spiro atoms. The van der Waals surface area contributed by atoms with Crippen molar-refractivity contribution in [3.8, 4) is 11.3 Å². The van der Waals surface area contributed by atoms with Crippen LogP contribution in [0.4, 0.5) is 0 Å². The van der Waals surface area contributed by atoms with Gasteiger partial charge in [0, 0.05) is 24.9 Å². The summed E-state index contributed by atoms with van der Waals surface area (Å²) in [5, 5.41) is 22.9. The van der Waals surface area contributed by atoms with E-state index < -0.39 is 5.97 Å². The van der Waals surface area contributed by atoms with Crippen molar-refractivity contribution in [2.24, 2.45) is 0 Å². The highest BCUT2D eigenvalue weighted by Crippen LogP contribution is 2.41. The molecule has 0 amide bonds. The summed E-state index contributed by atoms with van der Waals surface area (Å²) in [5.74, 6) is 0.0518. The first-order valence-corrected chi connectivity index (χ1v) is 10.5. The topological polar surface area (TPSA) is 98.8 Å². The Balaban J connectivity index is 1.74. The Morgan fingerprint density at radius 1 is 1.26 bits per heavy atom. The fourth-order valence-corrected chi connectivity index (χ4v) is 4.24. The van der Waals surface area contributed by atoms with Gasteiger partial charge in [-0.1, -0.05) is 17.7 Å². The van der Waals surface area contributed by atoms with Crippen molar-refractivity contribution in [2.75, 3.05) is 13.2 Å². The molecule has 0 radical (unpaired) electrons. The fraction of sp³-hybridized carbons (Fsp3) is 0.227. The Morgan fingerprint density at radius 2 is 2.10 bits per heavy atom. The second-order valence-electron chi connectivity index (χ2n) is 7.10. The molecular weight excluding hydrogens is 438 g/mol. The molecule has 7 nitrogen and oxygen atoms in total. The number of carboxylic acid groups (broad SMARTS) is 1. The standard InChI is InChI=1S/C22H20ClN3O4S/c23-15-6-5-13(21(28)29)12-14(15)17-7-8-18(30-17)20-19(16-4-1-2-9-24-16)25-22(31)26(20)10-3-11-27/h1-2,4-9,12,19-20,27H,3,10-11H2,(H,25,31)(H,28,29)/t19-,20+/m0/s1. The Kier molecular flexibility index (Phi) is 6.22. The molecule has 31 heavy (non-hydrogen) atoms. The summed E-state index contributed by atoms with van der Waals surface area (Å²) in [6.45, 7) is 0.586. The lowest BCUT2D eigenvalue weighted by atomic mass is 10.0. The van der Waals surface area contributed by atoms with Crippen LogP contribution in [0.5, 0.6) is 0 Å². The lowest BCUT2D eigenvalue weighted by Crippen LogP contribution is -2.30. The molecule has 0 saturated carbocycles. The molecule has 0 aliphatic carbocycles. The number of rotatable bonds is 7. The zero-order chi connectivity index (χ0) is 22.0. The van der Waals surface area contributed by atoms with Gasteiger partial charge < -0.3 is 24.8 Å². The van der Waals surface area contributed by atoms with Crippen LogP contribution >= 0.6 is 23.8 Å². The molecule has 160 valence electrons. The number of furan rings is 1. The fourth-order valence-electron chi connectivity index (χ4n) is 3.70. The average Bonchev–Trinajstić information content (AvgIpc) is 3.37. The number of thiocarbonyl (C=S) groups is 1. The first-order chi connectivity index (χ1) is 15.0. The van der Waals surface area contributed by atoms with Crippen LogP contribution in [0.25, 0.3) is 11.3 Å². The van der Waals surface area contributed by atoms with Gasteiger partial charge in [0.1, 0.15) is 17.6 Å². The maximum absolute atomic E-state index is 11.4. The number of benzene rings is 1. The number of aromatic nitrogens is 1. The van der Waals surface area contributed by atoms with Gasteiger partial charge in [0.2, 0.25) is 0 Å².